The number of aromatic nitrogens is 1. The summed E-state index contributed by atoms with van der Waals surface area (Å²) in [5.74, 6) is 0. The Kier molecular flexibility index (Phi) is 3.66. The molecule has 1 aromatic carbocycles. The van der Waals surface area contributed by atoms with E-state index in [1.54, 1.807) is 13.1 Å². The van der Waals surface area contributed by atoms with Crippen molar-refractivity contribution >= 4 is 5.71 Å². The van der Waals surface area contributed by atoms with Crippen LogP contribution in [0.25, 0.3) is 0 Å². The van der Waals surface area contributed by atoms with Crippen LogP contribution in [0.2, 0.25) is 0 Å². The first kappa shape index (κ1) is 11.3. The minimum absolute atomic E-state index is 0.150. The van der Waals surface area contributed by atoms with Crippen LogP contribution in [0.4, 0.5) is 0 Å². The van der Waals surface area contributed by atoms with E-state index in [4.69, 9.17) is 5.41 Å². The second-order valence-corrected chi connectivity index (χ2v) is 6.40. The Morgan fingerprint density at radius 1 is 1.12 bits per heavy atom. The SMILES string of the molecule is CC(=N)c1cc([I-]c2ccccc2)ccn1. The number of hydrogen-bond donors (Lipinski definition) is 1. The number of pyridine rings is 1. The van der Waals surface area contributed by atoms with Crippen molar-refractivity contribution in [1.29, 1.82) is 5.41 Å². The second kappa shape index (κ2) is 5.21. The van der Waals surface area contributed by atoms with Gasteiger partial charge in [0, 0.05) is 0 Å². The zero-order valence-electron chi connectivity index (χ0n) is 8.94. The molecule has 3 heteroatoms. The maximum absolute atomic E-state index is 7.56. The number of nitrogens with zero attached hydrogens (tertiary/aromatic N) is 1. The summed E-state index contributed by atoms with van der Waals surface area (Å²) in [6.07, 6.45) is 1.80. The van der Waals surface area contributed by atoms with Gasteiger partial charge in [0.1, 0.15) is 0 Å². The van der Waals surface area contributed by atoms with Crippen LogP contribution in [0.15, 0.2) is 48.7 Å². The van der Waals surface area contributed by atoms with Crippen LogP contribution in [0, 0.1) is 12.5 Å². The Labute approximate surface area is 106 Å². The quantitative estimate of drug-likeness (QED) is 0.606. The number of halogens is 1. The summed E-state index contributed by atoms with van der Waals surface area (Å²) in [5, 5.41) is 7.56. The third kappa shape index (κ3) is 2.88. The molecule has 0 atom stereocenters. The van der Waals surface area contributed by atoms with Crippen molar-refractivity contribution in [1.82, 2.24) is 4.98 Å². The summed E-state index contributed by atoms with van der Waals surface area (Å²) < 4.78 is 2.70. The van der Waals surface area contributed by atoms with E-state index in [1.807, 2.05) is 18.2 Å². The zero-order chi connectivity index (χ0) is 11.4. The molecule has 0 radical (unpaired) electrons. The van der Waals surface area contributed by atoms with Crippen molar-refractivity contribution in [3.05, 3.63) is 61.5 Å². The fourth-order valence-electron chi connectivity index (χ4n) is 1.27. The number of rotatable bonds is 3. The Morgan fingerprint density at radius 3 is 2.56 bits per heavy atom. The molecule has 0 saturated carbocycles. The third-order valence-corrected chi connectivity index (χ3v) is 4.69. The van der Waals surface area contributed by atoms with Crippen molar-refractivity contribution in [2.75, 3.05) is 0 Å². The Hall–Kier alpha value is -1.23. The van der Waals surface area contributed by atoms with Gasteiger partial charge in [-0.15, -0.1) is 0 Å². The van der Waals surface area contributed by atoms with Crippen molar-refractivity contribution in [3.8, 4) is 0 Å². The molecular formula is C13H12IN2-. The fraction of sp³-hybridized carbons (Fsp3) is 0.0769. The molecule has 1 aromatic heterocycles. The standard InChI is InChI=1S/C13H12IN2/c1-10(15)13-9-12(7-8-16-13)14-11-5-3-2-4-6-11/h2-9,15H,1H3/q-1. The minimum atomic E-state index is -0.150. The summed E-state index contributed by atoms with van der Waals surface area (Å²) >= 11 is -0.150. The number of benzene rings is 1. The van der Waals surface area contributed by atoms with Gasteiger partial charge in [0.05, 0.1) is 0 Å². The van der Waals surface area contributed by atoms with Gasteiger partial charge in [0.25, 0.3) is 0 Å². The van der Waals surface area contributed by atoms with Crippen molar-refractivity contribution in [2.45, 2.75) is 6.92 Å². The molecule has 0 aliphatic rings. The van der Waals surface area contributed by atoms with Crippen LogP contribution in [0.5, 0.6) is 0 Å². The normalized spacial score (nSPS) is 10.3. The molecule has 1 heterocycles. The molecule has 0 amide bonds. The Morgan fingerprint density at radius 2 is 1.88 bits per heavy atom. The summed E-state index contributed by atoms with van der Waals surface area (Å²) in [5.41, 5.74) is 1.31. The monoisotopic (exact) mass is 323 g/mol. The first-order valence-corrected chi connectivity index (χ1v) is 7.13. The van der Waals surface area contributed by atoms with Crippen molar-refractivity contribution in [3.63, 3.8) is 0 Å². The van der Waals surface area contributed by atoms with E-state index in [2.05, 4.69) is 29.2 Å². The van der Waals surface area contributed by atoms with Gasteiger partial charge in [-0.2, -0.15) is 0 Å². The van der Waals surface area contributed by atoms with Gasteiger partial charge in [-0.1, -0.05) is 0 Å². The molecule has 0 aliphatic carbocycles. The predicted octanol–water partition coefficient (Wildman–Crippen LogP) is -0.402. The molecule has 0 saturated heterocycles. The first-order chi connectivity index (χ1) is 7.75. The van der Waals surface area contributed by atoms with Crippen molar-refractivity contribution < 1.29 is 21.2 Å². The van der Waals surface area contributed by atoms with Gasteiger partial charge >= 0.3 is 106 Å². The molecule has 0 spiro atoms. The van der Waals surface area contributed by atoms with Gasteiger partial charge in [-0.3, -0.25) is 0 Å². The molecule has 2 aromatic rings. The van der Waals surface area contributed by atoms with Gasteiger partial charge in [0.2, 0.25) is 0 Å². The van der Waals surface area contributed by atoms with E-state index < -0.39 is 0 Å². The van der Waals surface area contributed by atoms with E-state index >= 15 is 0 Å². The van der Waals surface area contributed by atoms with Gasteiger partial charge in [-0.05, 0) is 0 Å². The Balaban J connectivity index is 2.22. The molecular weight excluding hydrogens is 311 g/mol. The maximum atomic E-state index is 7.56. The van der Waals surface area contributed by atoms with Crippen molar-refractivity contribution in [2.24, 2.45) is 0 Å². The summed E-state index contributed by atoms with van der Waals surface area (Å²) in [6.45, 7) is 1.77. The molecule has 82 valence electrons. The molecule has 0 unspecified atom stereocenters. The molecule has 1 N–H and O–H groups in total. The molecule has 0 bridgehead atoms. The topological polar surface area (TPSA) is 36.7 Å². The first-order valence-electron chi connectivity index (χ1n) is 4.97. The van der Waals surface area contributed by atoms with Crippen LogP contribution in [-0.4, -0.2) is 10.7 Å². The molecule has 16 heavy (non-hydrogen) atoms. The van der Waals surface area contributed by atoms with Crippen LogP contribution >= 0.6 is 0 Å². The van der Waals surface area contributed by atoms with E-state index in [-0.39, 0.29) is 21.2 Å². The van der Waals surface area contributed by atoms with Crippen LogP contribution in [-0.2, 0) is 0 Å². The van der Waals surface area contributed by atoms with Gasteiger partial charge in [0.15, 0.2) is 0 Å². The van der Waals surface area contributed by atoms with E-state index in [0.29, 0.717) is 5.71 Å². The van der Waals surface area contributed by atoms with Crippen LogP contribution < -0.4 is 21.2 Å². The molecule has 2 nitrogen and oxygen atoms in total. The van der Waals surface area contributed by atoms with E-state index in [9.17, 15) is 0 Å². The van der Waals surface area contributed by atoms with Crippen LogP contribution in [0.1, 0.15) is 12.6 Å². The molecule has 2 rings (SSSR count). The fourth-order valence-corrected chi connectivity index (χ4v) is 3.56. The second-order valence-electron chi connectivity index (χ2n) is 3.37. The summed E-state index contributed by atoms with van der Waals surface area (Å²) in [6, 6.07) is 14.6. The predicted molar refractivity (Wildman–Crippen MR) is 60.6 cm³/mol. The van der Waals surface area contributed by atoms with Crippen LogP contribution in [0.3, 0.4) is 0 Å². The number of hydrogen-bond acceptors (Lipinski definition) is 2. The average Bonchev–Trinajstić information content (AvgIpc) is 2.30. The third-order valence-electron chi connectivity index (χ3n) is 2.06. The summed E-state index contributed by atoms with van der Waals surface area (Å²) in [7, 11) is 0. The molecule has 0 fully saturated rings. The molecule has 0 aliphatic heterocycles. The number of nitrogens with one attached hydrogen (secondary N) is 1. The Bertz CT molecular complexity index is 494. The van der Waals surface area contributed by atoms with E-state index in [0.717, 1.165) is 5.69 Å². The zero-order valence-corrected chi connectivity index (χ0v) is 11.1. The van der Waals surface area contributed by atoms with Gasteiger partial charge < -0.3 is 0 Å². The summed E-state index contributed by atoms with van der Waals surface area (Å²) in [4.78, 5) is 4.17. The average molecular weight is 323 g/mol. The van der Waals surface area contributed by atoms with Gasteiger partial charge in [-0.25, -0.2) is 0 Å². The van der Waals surface area contributed by atoms with E-state index in [1.165, 1.54) is 7.14 Å².